The Balaban J connectivity index is 0.00000289. The maximum atomic E-state index is 6.12. The molecule has 3 atom stereocenters. The molecular weight excluding hydrogens is 517 g/mol. The van der Waals surface area contributed by atoms with Gasteiger partial charge in [0.25, 0.3) is 0 Å². The minimum Gasteiger partial charge on any atom is -0.378 e. The van der Waals surface area contributed by atoms with Gasteiger partial charge in [-0.3, -0.25) is 4.90 Å². The Labute approximate surface area is 210 Å². The van der Waals surface area contributed by atoms with E-state index < -0.39 is 0 Å². The quantitative estimate of drug-likeness (QED) is 0.290. The molecule has 1 aromatic heterocycles. The molecular formula is C23H42IN7O. The normalized spacial score (nSPS) is 27.4. The van der Waals surface area contributed by atoms with E-state index in [0.717, 1.165) is 43.7 Å². The molecule has 1 saturated heterocycles. The standard InChI is InChI=1S/C23H41N7O.HI/c1-5-30-13-9-10-18(30)15-24-22(25-16-21-28-27-17(3)29(21)4)26-19-14-20(31-6-2)23(19)11-7-8-12-23;/h18-20H,5-16H2,1-4H3,(H2,24,25,26);1H. The number of aliphatic imine (C=N–C) groups is 1. The number of likely N-dealkylation sites (N-methyl/N-ethyl adjacent to an activating group) is 1. The van der Waals surface area contributed by atoms with Crippen LogP contribution in [0.3, 0.4) is 0 Å². The SMILES string of the molecule is CCOC1CC(NC(=NCc2nnc(C)n2C)NCC2CCCN2CC)C12CCCC2.I. The van der Waals surface area contributed by atoms with Gasteiger partial charge in [-0.1, -0.05) is 19.8 Å². The maximum Gasteiger partial charge on any atom is 0.192 e. The fourth-order valence-corrected chi connectivity index (χ4v) is 5.90. The van der Waals surface area contributed by atoms with Gasteiger partial charge in [-0.05, 0) is 59.0 Å². The Morgan fingerprint density at radius 3 is 2.66 bits per heavy atom. The topological polar surface area (TPSA) is 79.6 Å². The highest BCUT2D eigenvalue weighted by molar-refractivity contribution is 14.0. The van der Waals surface area contributed by atoms with Gasteiger partial charge >= 0.3 is 0 Å². The summed E-state index contributed by atoms with van der Waals surface area (Å²) in [5, 5.41) is 16.0. The van der Waals surface area contributed by atoms with Crippen LogP contribution >= 0.6 is 24.0 Å². The van der Waals surface area contributed by atoms with E-state index in [0.29, 0.717) is 24.7 Å². The van der Waals surface area contributed by atoms with Gasteiger partial charge in [-0.2, -0.15) is 0 Å². The number of nitrogens with one attached hydrogen (secondary N) is 2. The van der Waals surface area contributed by atoms with Crippen LogP contribution in [-0.4, -0.2) is 70.1 Å². The predicted octanol–water partition coefficient (Wildman–Crippen LogP) is 3.00. The summed E-state index contributed by atoms with van der Waals surface area (Å²) >= 11 is 0. The van der Waals surface area contributed by atoms with Crippen LogP contribution in [-0.2, 0) is 18.3 Å². The molecule has 8 nitrogen and oxygen atoms in total. The molecule has 3 aliphatic rings. The second kappa shape index (κ2) is 11.5. The summed E-state index contributed by atoms with van der Waals surface area (Å²) in [6, 6.07) is 1.02. The largest absolute Gasteiger partial charge is 0.378 e. The molecule has 4 rings (SSSR count). The van der Waals surface area contributed by atoms with Crippen molar-refractivity contribution in [1.82, 2.24) is 30.3 Å². The fraction of sp³-hybridized carbons (Fsp3) is 0.870. The molecule has 0 bridgehead atoms. The molecule has 0 radical (unpaired) electrons. The molecule has 1 aromatic rings. The van der Waals surface area contributed by atoms with Gasteiger partial charge in [0.2, 0.25) is 0 Å². The van der Waals surface area contributed by atoms with Gasteiger partial charge in [0, 0.05) is 37.7 Å². The molecule has 0 aromatic carbocycles. The lowest BCUT2D eigenvalue weighted by atomic mass is 9.60. The molecule has 3 fully saturated rings. The third-order valence-corrected chi connectivity index (χ3v) is 7.97. The van der Waals surface area contributed by atoms with Crippen molar-refractivity contribution in [2.24, 2.45) is 17.5 Å². The first-order chi connectivity index (χ1) is 15.1. The molecule has 9 heteroatoms. The minimum atomic E-state index is 0. The molecule has 2 N–H and O–H groups in total. The zero-order chi connectivity index (χ0) is 21.8. The molecule has 3 unspecified atom stereocenters. The average molecular weight is 560 g/mol. The molecule has 2 saturated carbocycles. The summed E-state index contributed by atoms with van der Waals surface area (Å²) in [7, 11) is 2.00. The summed E-state index contributed by atoms with van der Waals surface area (Å²) in [5.74, 6) is 2.72. The summed E-state index contributed by atoms with van der Waals surface area (Å²) < 4.78 is 8.13. The summed E-state index contributed by atoms with van der Waals surface area (Å²) in [6.45, 7) is 10.9. The summed E-state index contributed by atoms with van der Waals surface area (Å²) in [6.07, 6.45) is 9.17. The van der Waals surface area contributed by atoms with Crippen molar-refractivity contribution >= 4 is 29.9 Å². The highest BCUT2D eigenvalue weighted by atomic mass is 127. The van der Waals surface area contributed by atoms with Crippen LogP contribution in [0, 0.1) is 12.3 Å². The number of hydrogen-bond acceptors (Lipinski definition) is 5. The fourth-order valence-electron chi connectivity index (χ4n) is 5.90. The third kappa shape index (κ3) is 5.24. The Bertz CT molecular complexity index is 762. The van der Waals surface area contributed by atoms with Crippen molar-refractivity contribution in [2.75, 3.05) is 26.2 Å². The van der Waals surface area contributed by atoms with Crippen LogP contribution in [0.15, 0.2) is 4.99 Å². The lowest BCUT2D eigenvalue weighted by Gasteiger charge is -2.54. The monoisotopic (exact) mass is 559 g/mol. The van der Waals surface area contributed by atoms with Crippen molar-refractivity contribution in [1.29, 1.82) is 0 Å². The van der Waals surface area contributed by atoms with Crippen LogP contribution in [0.2, 0.25) is 0 Å². The highest BCUT2D eigenvalue weighted by Gasteiger charge is 2.57. The van der Waals surface area contributed by atoms with Gasteiger partial charge in [0.1, 0.15) is 12.4 Å². The van der Waals surface area contributed by atoms with E-state index in [1.165, 1.54) is 45.1 Å². The van der Waals surface area contributed by atoms with Gasteiger partial charge in [-0.25, -0.2) is 4.99 Å². The number of rotatable bonds is 8. The van der Waals surface area contributed by atoms with Crippen LogP contribution in [0.4, 0.5) is 0 Å². The van der Waals surface area contributed by atoms with Crippen molar-refractivity contribution in [3.8, 4) is 0 Å². The third-order valence-electron chi connectivity index (χ3n) is 7.97. The Morgan fingerprint density at radius 2 is 2.00 bits per heavy atom. The van der Waals surface area contributed by atoms with E-state index in [1.807, 2.05) is 18.5 Å². The first kappa shape index (κ1) is 25.7. The molecule has 2 heterocycles. The summed E-state index contributed by atoms with van der Waals surface area (Å²) in [5.41, 5.74) is 0.280. The van der Waals surface area contributed by atoms with Crippen molar-refractivity contribution in [2.45, 2.75) is 90.4 Å². The van der Waals surface area contributed by atoms with E-state index in [9.17, 15) is 0 Å². The lowest BCUT2D eigenvalue weighted by Crippen LogP contribution is -2.65. The number of guanidine groups is 1. The average Bonchev–Trinajstić information content (AvgIpc) is 3.51. The molecule has 1 aliphatic heterocycles. The lowest BCUT2D eigenvalue weighted by molar-refractivity contribution is -0.125. The minimum absolute atomic E-state index is 0. The van der Waals surface area contributed by atoms with Gasteiger partial charge in [0.15, 0.2) is 11.8 Å². The van der Waals surface area contributed by atoms with Crippen molar-refractivity contribution in [3.05, 3.63) is 11.6 Å². The molecule has 182 valence electrons. The number of aromatic nitrogens is 3. The van der Waals surface area contributed by atoms with Crippen LogP contribution in [0.5, 0.6) is 0 Å². The Hall–Kier alpha value is -0.940. The van der Waals surface area contributed by atoms with E-state index in [4.69, 9.17) is 9.73 Å². The van der Waals surface area contributed by atoms with E-state index in [1.54, 1.807) is 0 Å². The zero-order valence-electron chi connectivity index (χ0n) is 20.3. The van der Waals surface area contributed by atoms with Crippen molar-refractivity contribution < 1.29 is 4.74 Å². The molecule has 32 heavy (non-hydrogen) atoms. The summed E-state index contributed by atoms with van der Waals surface area (Å²) in [4.78, 5) is 7.51. The molecule has 0 amide bonds. The smallest absolute Gasteiger partial charge is 0.192 e. The van der Waals surface area contributed by atoms with Gasteiger partial charge in [-0.15, -0.1) is 34.2 Å². The van der Waals surface area contributed by atoms with Gasteiger partial charge in [0.05, 0.1) is 6.10 Å². The Morgan fingerprint density at radius 1 is 1.22 bits per heavy atom. The van der Waals surface area contributed by atoms with E-state index >= 15 is 0 Å². The number of halogens is 1. The first-order valence-corrected chi connectivity index (χ1v) is 12.3. The molecule has 2 aliphatic carbocycles. The number of ether oxygens (including phenoxy) is 1. The second-order valence-electron chi connectivity index (χ2n) is 9.51. The van der Waals surface area contributed by atoms with Gasteiger partial charge < -0.3 is 19.9 Å². The Kier molecular flexibility index (Phi) is 9.20. The maximum absolute atomic E-state index is 6.12. The van der Waals surface area contributed by atoms with Crippen LogP contribution in [0.25, 0.3) is 0 Å². The zero-order valence-corrected chi connectivity index (χ0v) is 22.6. The van der Waals surface area contributed by atoms with E-state index in [2.05, 4.69) is 39.6 Å². The van der Waals surface area contributed by atoms with Crippen LogP contribution in [0.1, 0.15) is 70.4 Å². The predicted molar refractivity (Wildman–Crippen MR) is 138 cm³/mol. The van der Waals surface area contributed by atoms with E-state index in [-0.39, 0.29) is 29.4 Å². The van der Waals surface area contributed by atoms with Crippen molar-refractivity contribution in [3.63, 3.8) is 0 Å². The number of aryl methyl sites for hydroxylation is 1. The highest BCUT2D eigenvalue weighted by Crippen LogP contribution is 2.54. The second-order valence-corrected chi connectivity index (χ2v) is 9.51. The first-order valence-electron chi connectivity index (χ1n) is 12.3. The number of nitrogens with zero attached hydrogens (tertiary/aromatic N) is 5. The number of likely N-dealkylation sites (tertiary alicyclic amines) is 1. The van der Waals surface area contributed by atoms with Crippen LogP contribution < -0.4 is 10.6 Å². The number of hydrogen-bond donors (Lipinski definition) is 2. The molecule has 1 spiro atoms.